The molecule has 1 unspecified atom stereocenters. The molecule has 1 aliphatic rings. The van der Waals surface area contributed by atoms with Crippen LogP contribution in [0.3, 0.4) is 0 Å². The van der Waals surface area contributed by atoms with E-state index in [1.807, 2.05) is 30.3 Å². The number of amides is 2. The van der Waals surface area contributed by atoms with Gasteiger partial charge >= 0.3 is 5.97 Å². The standard InChI is InChI=1S/C32H43N3O5S/c1-2-3-4-5-6-7-8-12-21-40-29(36)24-28-31(38)33-19-20-35(28)32(41)34-30(37)26-16-13-17-27(23-26)39-22-18-25-14-10-9-11-15-25/h9-11,13-17,23,28H,2-8,12,18-22,24H2,1H3,(H,33,38)(H,34,37,41). The van der Waals surface area contributed by atoms with Crippen LogP contribution >= 0.6 is 12.2 Å². The molecule has 2 N–H and O–H groups in total. The number of esters is 1. The molecule has 1 heterocycles. The normalized spacial score (nSPS) is 14.7. The molecule has 0 bridgehead atoms. The molecule has 8 nitrogen and oxygen atoms in total. The van der Waals surface area contributed by atoms with Crippen molar-refractivity contribution in [3.63, 3.8) is 0 Å². The highest BCUT2D eigenvalue weighted by Crippen LogP contribution is 2.16. The van der Waals surface area contributed by atoms with Gasteiger partial charge in [-0.15, -0.1) is 0 Å². The molecule has 41 heavy (non-hydrogen) atoms. The molecule has 1 saturated heterocycles. The SMILES string of the molecule is CCCCCCCCCCOC(=O)CC1C(=O)NCCN1C(=S)NC(=O)c1cccc(OCCc2ccccc2)c1. The summed E-state index contributed by atoms with van der Waals surface area (Å²) in [5.41, 5.74) is 1.55. The number of nitrogens with zero attached hydrogens (tertiary/aromatic N) is 1. The van der Waals surface area contributed by atoms with E-state index in [2.05, 4.69) is 17.6 Å². The van der Waals surface area contributed by atoms with Crippen LogP contribution in [0, 0.1) is 0 Å². The summed E-state index contributed by atoms with van der Waals surface area (Å²) in [5.74, 6) is -0.598. The van der Waals surface area contributed by atoms with Gasteiger partial charge in [-0.1, -0.05) is 88.3 Å². The highest BCUT2D eigenvalue weighted by atomic mass is 32.1. The zero-order valence-corrected chi connectivity index (χ0v) is 24.9. The molecule has 1 aliphatic heterocycles. The zero-order valence-electron chi connectivity index (χ0n) is 24.1. The number of unbranched alkanes of at least 4 members (excludes halogenated alkanes) is 7. The molecule has 9 heteroatoms. The third-order valence-corrected chi connectivity index (χ3v) is 7.37. The molecule has 0 radical (unpaired) electrons. The van der Waals surface area contributed by atoms with Gasteiger partial charge in [-0.3, -0.25) is 19.7 Å². The van der Waals surface area contributed by atoms with Crippen molar-refractivity contribution in [3.8, 4) is 5.75 Å². The molecule has 2 amide bonds. The van der Waals surface area contributed by atoms with Gasteiger partial charge in [-0.25, -0.2) is 0 Å². The number of piperazine rings is 1. The second-order valence-electron chi connectivity index (χ2n) is 10.3. The van der Waals surface area contributed by atoms with E-state index in [9.17, 15) is 14.4 Å². The topological polar surface area (TPSA) is 97.0 Å². The zero-order chi connectivity index (χ0) is 29.3. The summed E-state index contributed by atoms with van der Waals surface area (Å²) in [4.78, 5) is 39.7. The maximum Gasteiger partial charge on any atom is 0.308 e. The van der Waals surface area contributed by atoms with E-state index in [4.69, 9.17) is 21.7 Å². The Kier molecular flexibility index (Phi) is 14.1. The molecule has 0 aliphatic carbocycles. The summed E-state index contributed by atoms with van der Waals surface area (Å²) < 4.78 is 11.2. The summed E-state index contributed by atoms with van der Waals surface area (Å²) in [6.07, 6.45) is 9.85. The Bertz CT molecular complexity index is 1130. The van der Waals surface area contributed by atoms with Crippen molar-refractivity contribution in [1.29, 1.82) is 0 Å². The van der Waals surface area contributed by atoms with E-state index in [-0.39, 0.29) is 17.4 Å². The first-order valence-corrected chi connectivity index (χ1v) is 15.2. The summed E-state index contributed by atoms with van der Waals surface area (Å²) in [6.45, 7) is 3.77. The maximum atomic E-state index is 13.0. The van der Waals surface area contributed by atoms with Crippen LogP contribution in [0.15, 0.2) is 54.6 Å². The number of rotatable bonds is 16. The quantitative estimate of drug-likeness (QED) is 0.160. The maximum absolute atomic E-state index is 13.0. The van der Waals surface area contributed by atoms with Crippen molar-refractivity contribution in [2.75, 3.05) is 26.3 Å². The van der Waals surface area contributed by atoms with Crippen molar-refractivity contribution < 1.29 is 23.9 Å². The van der Waals surface area contributed by atoms with Crippen molar-refractivity contribution >= 4 is 35.1 Å². The second kappa shape index (κ2) is 18.1. The van der Waals surface area contributed by atoms with Crippen molar-refractivity contribution in [2.24, 2.45) is 0 Å². The third-order valence-electron chi connectivity index (χ3n) is 7.03. The van der Waals surface area contributed by atoms with E-state index < -0.39 is 17.9 Å². The highest BCUT2D eigenvalue weighted by Gasteiger charge is 2.34. The summed E-state index contributed by atoms with van der Waals surface area (Å²) in [7, 11) is 0. The van der Waals surface area contributed by atoms with Crippen LogP contribution in [0.2, 0.25) is 0 Å². The fourth-order valence-corrected chi connectivity index (χ4v) is 5.01. The largest absolute Gasteiger partial charge is 0.493 e. The van der Waals surface area contributed by atoms with Crippen molar-refractivity contribution in [3.05, 3.63) is 65.7 Å². The minimum atomic E-state index is -0.838. The van der Waals surface area contributed by atoms with E-state index >= 15 is 0 Å². The molecule has 2 aromatic carbocycles. The van der Waals surface area contributed by atoms with Crippen LogP contribution in [0.5, 0.6) is 5.75 Å². The van der Waals surface area contributed by atoms with Gasteiger partial charge in [0.1, 0.15) is 11.8 Å². The predicted molar refractivity (Wildman–Crippen MR) is 164 cm³/mol. The van der Waals surface area contributed by atoms with Gasteiger partial charge in [0.15, 0.2) is 5.11 Å². The monoisotopic (exact) mass is 581 g/mol. The summed E-state index contributed by atoms with van der Waals surface area (Å²) >= 11 is 5.49. The smallest absolute Gasteiger partial charge is 0.308 e. The van der Waals surface area contributed by atoms with Gasteiger partial charge in [0.25, 0.3) is 5.91 Å². The van der Waals surface area contributed by atoms with Gasteiger partial charge < -0.3 is 19.7 Å². The number of ether oxygens (including phenoxy) is 2. The molecule has 0 spiro atoms. The lowest BCUT2D eigenvalue weighted by Gasteiger charge is -2.36. The molecule has 3 rings (SSSR count). The minimum Gasteiger partial charge on any atom is -0.493 e. The van der Waals surface area contributed by atoms with Crippen molar-refractivity contribution in [1.82, 2.24) is 15.5 Å². The predicted octanol–water partition coefficient (Wildman–Crippen LogP) is 5.20. The number of carbonyl (C=O) groups excluding carboxylic acids is 3. The van der Waals surface area contributed by atoms with Crippen LogP contribution in [0.4, 0.5) is 0 Å². The highest BCUT2D eigenvalue weighted by molar-refractivity contribution is 7.80. The molecule has 1 fully saturated rings. The van der Waals surface area contributed by atoms with Crippen LogP contribution in [-0.4, -0.2) is 60.1 Å². The van der Waals surface area contributed by atoms with E-state index in [1.165, 1.54) is 37.7 Å². The summed E-state index contributed by atoms with van der Waals surface area (Å²) in [6, 6.07) is 16.1. The average Bonchev–Trinajstić information content (AvgIpc) is 2.98. The number of thiocarbonyl (C=S) groups is 1. The summed E-state index contributed by atoms with van der Waals surface area (Å²) in [5, 5.41) is 5.59. The van der Waals surface area contributed by atoms with Gasteiger partial charge in [0.2, 0.25) is 5.91 Å². The number of hydrogen-bond donors (Lipinski definition) is 2. The first kappa shape index (κ1) is 32.1. The third kappa shape index (κ3) is 11.5. The Hall–Kier alpha value is -3.46. The minimum absolute atomic E-state index is 0.0983. The lowest BCUT2D eigenvalue weighted by atomic mass is 10.1. The molecule has 222 valence electrons. The molecular weight excluding hydrogens is 538 g/mol. The van der Waals surface area contributed by atoms with E-state index in [0.717, 1.165) is 25.7 Å². The Morgan fingerprint density at radius 3 is 2.46 bits per heavy atom. The van der Waals surface area contributed by atoms with Gasteiger partial charge in [-0.05, 0) is 42.4 Å². The Labute approximate surface area is 249 Å². The number of hydrogen-bond acceptors (Lipinski definition) is 6. The molecule has 0 aromatic heterocycles. The van der Waals surface area contributed by atoms with E-state index in [0.29, 0.717) is 37.6 Å². The van der Waals surface area contributed by atoms with Crippen LogP contribution < -0.4 is 15.4 Å². The van der Waals surface area contributed by atoms with Gasteiger partial charge in [0, 0.05) is 25.1 Å². The number of carbonyl (C=O) groups is 3. The lowest BCUT2D eigenvalue weighted by Crippen LogP contribution is -2.60. The first-order chi connectivity index (χ1) is 20.0. The van der Waals surface area contributed by atoms with Crippen molar-refractivity contribution in [2.45, 2.75) is 77.2 Å². The number of benzene rings is 2. The first-order valence-electron chi connectivity index (χ1n) is 14.8. The van der Waals surface area contributed by atoms with Gasteiger partial charge in [-0.2, -0.15) is 0 Å². The fraction of sp³-hybridized carbons (Fsp3) is 0.500. The molecule has 0 saturated carbocycles. The average molecular weight is 582 g/mol. The molecule has 1 atom stereocenters. The Morgan fingerprint density at radius 2 is 1.71 bits per heavy atom. The van der Waals surface area contributed by atoms with Crippen LogP contribution in [-0.2, 0) is 20.7 Å². The molecule has 2 aromatic rings. The van der Waals surface area contributed by atoms with Gasteiger partial charge in [0.05, 0.1) is 19.6 Å². The van der Waals surface area contributed by atoms with Crippen LogP contribution in [0.25, 0.3) is 0 Å². The molecular formula is C32H43N3O5S. The lowest BCUT2D eigenvalue weighted by molar-refractivity contribution is -0.147. The Balaban J connectivity index is 1.44. The Morgan fingerprint density at radius 1 is 0.976 bits per heavy atom. The second-order valence-corrected chi connectivity index (χ2v) is 10.7. The van der Waals surface area contributed by atoms with E-state index in [1.54, 1.807) is 29.2 Å². The van der Waals surface area contributed by atoms with Crippen LogP contribution in [0.1, 0.15) is 80.6 Å². The number of nitrogens with one attached hydrogen (secondary N) is 2. The fourth-order valence-electron chi connectivity index (χ4n) is 4.70.